The molecule has 2 rings (SSSR count). The second-order valence-electron chi connectivity index (χ2n) is 5.20. The molecule has 0 saturated heterocycles. The molecule has 3 N–H and O–H groups in total. The van der Waals surface area contributed by atoms with Gasteiger partial charge < -0.3 is 15.8 Å². The Labute approximate surface area is 140 Å². The molecule has 126 valence electrons. The summed E-state index contributed by atoms with van der Waals surface area (Å²) in [4.78, 5) is 15.8. The lowest BCUT2D eigenvalue weighted by molar-refractivity contribution is 0.102. The molecule has 0 aliphatic rings. The zero-order valence-electron chi connectivity index (χ0n) is 13.7. The second kappa shape index (κ2) is 8.10. The highest BCUT2D eigenvalue weighted by atomic mass is 19.1. The maximum Gasteiger partial charge on any atom is 0.259 e. The van der Waals surface area contributed by atoms with Crippen LogP contribution in [-0.2, 0) is 0 Å². The fourth-order valence-electron chi connectivity index (χ4n) is 2.03. The van der Waals surface area contributed by atoms with Gasteiger partial charge in [0.25, 0.3) is 5.91 Å². The molecular formula is C18H20FN3O2. The number of nitrogen functional groups attached to an aromatic ring is 1. The molecule has 24 heavy (non-hydrogen) atoms. The molecule has 2 aromatic rings. The number of hydrogen-bond acceptors (Lipinski definition) is 4. The van der Waals surface area contributed by atoms with Gasteiger partial charge in [-0.15, -0.1) is 0 Å². The summed E-state index contributed by atoms with van der Waals surface area (Å²) >= 11 is 0. The van der Waals surface area contributed by atoms with Crippen LogP contribution in [0.3, 0.4) is 0 Å². The third-order valence-electron chi connectivity index (χ3n) is 3.27. The van der Waals surface area contributed by atoms with Crippen molar-refractivity contribution in [2.24, 2.45) is 0 Å². The van der Waals surface area contributed by atoms with Crippen LogP contribution in [0.25, 0.3) is 0 Å². The highest BCUT2D eigenvalue weighted by Crippen LogP contribution is 2.20. The first-order valence-corrected chi connectivity index (χ1v) is 7.63. The van der Waals surface area contributed by atoms with Crippen molar-refractivity contribution >= 4 is 17.4 Å². The van der Waals surface area contributed by atoms with Gasteiger partial charge in [-0.1, -0.05) is 25.1 Å². The number of nitrogens with two attached hydrogens (primary N) is 1. The van der Waals surface area contributed by atoms with Crippen LogP contribution in [0, 0.1) is 12.9 Å². The molecule has 1 aromatic heterocycles. The Morgan fingerprint density at radius 2 is 2.17 bits per heavy atom. The van der Waals surface area contributed by atoms with E-state index in [-0.39, 0.29) is 16.9 Å². The third-order valence-corrected chi connectivity index (χ3v) is 3.27. The first-order valence-electron chi connectivity index (χ1n) is 7.63. The van der Waals surface area contributed by atoms with E-state index in [0.717, 1.165) is 6.42 Å². The number of aromatic nitrogens is 1. The summed E-state index contributed by atoms with van der Waals surface area (Å²) in [6.07, 6.45) is 4.89. The number of anilines is 2. The molecule has 0 saturated carbocycles. The summed E-state index contributed by atoms with van der Waals surface area (Å²) in [6, 6.07) is 8.38. The number of nitrogens with zero attached hydrogens (tertiary/aromatic N) is 1. The maximum atomic E-state index is 13.3. The standard InChI is InChI=1S/C18H20FN3O2/c1-3-4-5-9-24-14-8-6-7-13(11-14)21-18(23)15-10-12(2)16(19)22-17(15)20/h4-8,10-11H,3,9H2,1-2H3,(H2,20,22)(H,21,23). The zero-order chi connectivity index (χ0) is 17.5. The summed E-state index contributed by atoms with van der Waals surface area (Å²) in [5, 5.41) is 2.71. The third kappa shape index (κ3) is 4.55. The van der Waals surface area contributed by atoms with E-state index >= 15 is 0 Å². The molecule has 0 bridgehead atoms. The minimum Gasteiger partial charge on any atom is -0.489 e. The van der Waals surface area contributed by atoms with Gasteiger partial charge in [-0.25, -0.2) is 4.98 Å². The van der Waals surface area contributed by atoms with Gasteiger partial charge in [-0.05, 0) is 31.5 Å². The molecular weight excluding hydrogens is 309 g/mol. The number of aryl methyl sites for hydroxylation is 1. The van der Waals surface area contributed by atoms with E-state index < -0.39 is 11.9 Å². The van der Waals surface area contributed by atoms with Crippen molar-refractivity contribution in [3.05, 3.63) is 59.6 Å². The van der Waals surface area contributed by atoms with E-state index in [9.17, 15) is 9.18 Å². The Morgan fingerprint density at radius 1 is 1.38 bits per heavy atom. The zero-order valence-corrected chi connectivity index (χ0v) is 13.7. The second-order valence-corrected chi connectivity index (χ2v) is 5.20. The molecule has 6 heteroatoms. The van der Waals surface area contributed by atoms with Crippen molar-refractivity contribution in [1.82, 2.24) is 4.98 Å². The van der Waals surface area contributed by atoms with Crippen LogP contribution >= 0.6 is 0 Å². The number of carbonyl (C=O) groups excluding carboxylic acids is 1. The van der Waals surface area contributed by atoms with Crippen LogP contribution in [-0.4, -0.2) is 17.5 Å². The van der Waals surface area contributed by atoms with E-state index in [1.54, 1.807) is 24.3 Å². The predicted octanol–water partition coefficient (Wildman–Crippen LogP) is 3.71. The van der Waals surface area contributed by atoms with Gasteiger partial charge in [0.15, 0.2) is 0 Å². The molecule has 1 amide bonds. The number of carbonyl (C=O) groups is 1. The van der Waals surface area contributed by atoms with Gasteiger partial charge in [-0.3, -0.25) is 4.79 Å². The summed E-state index contributed by atoms with van der Waals surface area (Å²) in [6.45, 7) is 4.03. The van der Waals surface area contributed by atoms with Crippen LogP contribution in [0.1, 0.15) is 29.3 Å². The Morgan fingerprint density at radius 3 is 2.92 bits per heavy atom. The normalized spacial score (nSPS) is 10.8. The minimum atomic E-state index is -0.681. The van der Waals surface area contributed by atoms with Crippen LogP contribution in [0.15, 0.2) is 42.5 Å². The van der Waals surface area contributed by atoms with Gasteiger partial charge in [0.2, 0.25) is 5.95 Å². The van der Waals surface area contributed by atoms with E-state index in [4.69, 9.17) is 10.5 Å². The smallest absolute Gasteiger partial charge is 0.259 e. The van der Waals surface area contributed by atoms with Crippen LogP contribution < -0.4 is 15.8 Å². The van der Waals surface area contributed by atoms with Gasteiger partial charge >= 0.3 is 0 Å². The predicted molar refractivity (Wildman–Crippen MR) is 92.7 cm³/mol. The first kappa shape index (κ1) is 17.5. The van der Waals surface area contributed by atoms with E-state index in [2.05, 4.69) is 10.3 Å². The summed E-state index contributed by atoms with van der Waals surface area (Å²) in [5.41, 5.74) is 6.57. The fraction of sp³-hybridized carbons (Fsp3) is 0.222. The van der Waals surface area contributed by atoms with Crippen molar-refractivity contribution in [2.45, 2.75) is 20.3 Å². The molecule has 1 heterocycles. The van der Waals surface area contributed by atoms with E-state index in [1.807, 2.05) is 19.1 Å². The summed E-state index contributed by atoms with van der Waals surface area (Å²) in [7, 11) is 0. The van der Waals surface area contributed by atoms with Crippen LogP contribution in [0.4, 0.5) is 15.9 Å². The topological polar surface area (TPSA) is 77.2 Å². The van der Waals surface area contributed by atoms with E-state index in [1.165, 1.54) is 13.0 Å². The van der Waals surface area contributed by atoms with Crippen molar-refractivity contribution in [3.8, 4) is 5.75 Å². The molecule has 0 atom stereocenters. The van der Waals surface area contributed by atoms with Gasteiger partial charge in [0.05, 0.1) is 5.56 Å². The number of ether oxygens (including phenoxy) is 1. The molecule has 0 unspecified atom stereocenters. The first-order chi connectivity index (χ1) is 11.5. The lowest BCUT2D eigenvalue weighted by Crippen LogP contribution is -2.16. The number of rotatable bonds is 6. The Hall–Kier alpha value is -2.89. The molecule has 0 aliphatic heterocycles. The average molecular weight is 329 g/mol. The number of pyridine rings is 1. The number of halogens is 1. The molecule has 0 radical (unpaired) electrons. The fourth-order valence-corrected chi connectivity index (χ4v) is 2.03. The van der Waals surface area contributed by atoms with Crippen molar-refractivity contribution in [1.29, 1.82) is 0 Å². The van der Waals surface area contributed by atoms with Gasteiger partial charge in [0, 0.05) is 17.3 Å². The van der Waals surface area contributed by atoms with E-state index in [0.29, 0.717) is 18.0 Å². The Kier molecular flexibility index (Phi) is 5.89. The van der Waals surface area contributed by atoms with Crippen LogP contribution in [0.2, 0.25) is 0 Å². The molecule has 1 aromatic carbocycles. The largest absolute Gasteiger partial charge is 0.489 e. The lowest BCUT2D eigenvalue weighted by Gasteiger charge is -2.10. The monoisotopic (exact) mass is 329 g/mol. The quantitative estimate of drug-likeness (QED) is 0.625. The molecule has 5 nitrogen and oxygen atoms in total. The molecule has 0 aliphatic carbocycles. The van der Waals surface area contributed by atoms with Gasteiger partial charge in [0.1, 0.15) is 18.2 Å². The maximum absolute atomic E-state index is 13.3. The molecule has 0 spiro atoms. The average Bonchev–Trinajstić information content (AvgIpc) is 2.55. The van der Waals surface area contributed by atoms with Gasteiger partial charge in [-0.2, -0.15) is 4.39 Å². The van der Waals surface area contributed by atoms with Crippen molar-refractivity contribution < 1.29 is 13.9 Å². The number of hydrogen-bond donors (Lipinski definition) is 2. The van der Waals surface area contributed by atoms with Crippen LogP contribution in [0.5, 0.6) is 5.75 Å². The Balaban J connectivity index is 2.09. The van der Waals surface area contributed by atoms with Crippen molar-refractivity contribution in [2.75, 3.05) is 17.7 Å². The summed E-state index contributed by atoms with van der Waals surface area (Å²) < 4.78 is 18.9. The number of allylic oxidation sites excluding steroid dienone is 1. The highest BCUT2D eigenvalue weighted by Gasteiger charge is 2.14. The number of benzene rings is 1. The lowest BCUT2D eigenvalue weighted by atomic mass is 10.1. The minimum absolute atomic E-state index is 0.131. The Bertz CT molecular complexity index is 760. The number of amides is 1. The SMILES string of the molecule is CCC=CCOc1cccc(NC(=O)c2cc(C)c(F)nc2N)c1. The molecule has 0 fully saturated rings. The number of nitrogens with one attached hydrogen (secondary N) is 1. The van der Waals surface area contributed by atoms with Crippen molar-refractivity contribution in [3.63, 3.8) is 0 Å². The summed E-state index contributed by atoms with van der Waals surface area (Å²) in [5.74, 6) is -0.645. The highest BCUT2D eigenvalue weighted by molar-refractivity contribution is 6.07.